The Kier molecular flexibility index (Phi) is 1.69. The van der Waals surface area contributed by atoms with Gasteiger partial charge in [-0.15, -0.1) is 0 Å². The molecule has 2 aliphatic rings. The first-order valence-electron chi connectivity index (χ1n) is 4.46. The molecule has 0 aliphatic heterocycles. The fraction of sp³-hybridized carbons (Fsp3) is 0.455. The van der Waals surface area contributed by atoms with Crippen molar-refractivity contribution >= 4 is 0 Å². The van der Waals surface area contributed by atoms with E-state index in [-0.39, 0.29) is 0 Å². The van der Waals surface area contributed by atoms with E-state index in [0.717, 1.165) is 18.3 Å². The maximum atomic E-state index is 2.33. The lowest BCUT2D eigenvalue weighted by molar-refractivity contribution is 0.935. The second-order valence-corrected chi connectivity index (χ2v) is 3.37. The highest BCUT2D eigenvalue weighted by Gasteiger charge is 2.37. The number of hydrogen-bond acceptors (Lipinski definition) is 0. The maximum Gasteiger partial charge on any atom is -0.00930 e. The Hall–Kier alpha value is -0.780. The predicted octanol–water partition coefficient (Wildman–Crippen LogP) is 3.08. The fourth-order valence-corrected chi connectivity index (χ4v) is 1.68. The van der Waals surface area contributed by atoms with Gasteiger partial charge in [-0.2, -0.15) is 0 Å². The van der Waals surface area contributed by atoms with Crippen LogP contribution in [0, 0.1) is 11.8 Å². The van der Waals surface area contributed by atoms with E-state index in [2.05, 4.69) is 37.3 Å². The van der Waals surface area contributed by atoms with E-state index in [1.807, 2.05) is 0 Å². The molecule has 0 spiro atoms. The molecule has 1 saturated carbocycles. The lowest BCUT2D eigenvalue weighted by Crippen LogP contribution is -1.87. The van der Waals surface area contributed by atoms with Crippen LogP contribution >= 0.6 is 0 Å². The maximum absolute atomic E-state index is 2.33. The summed E-state index contributed by atoms with van der Waals surface area (Å²) in [7, 11) is 0. The van der Waals surface area contributed by atoms with Crippen molar-refractivity contribution in [2.24, 2.45) is 11.8 Å². The van der Waals surface area contributed by atoms with Gasteiger partial charge in [-0.05, 0) is 30.3 Å². The van der Waals surface area contributed by atoms with Crippen LogP contribution in [0.5, 0.6) is 0 Å². The van der Waals surface area contributed by atoms with Crippen molar-refractivity contribution in [3.63, 3.8) is 0 Å². The van der Waals surface area contributed by atoms with Crippen LogP contribution in [0.3, 0.4) is 0 Å². The molecule has 2 rings (SSSR count). The van der Waals surface area contributed by atoms with Gasteiger partial charge in [-0.1, -0.05) is 37.3 Å². The molecule has 1 fully saturated rings. The van der Waals surface area contributed by atoms with E-state index in [1.54, 1.807) is 5.57 Å². The number of rotatable bonds is 2. The molecule has 0 N–H and O–H groups in total. The first-order valence-corrected chi connectivity index (χ1v) is 4.46. The van der Waals surface area contributed by atoms with Gasteiger partial charge in [-0.25, -0.2) is 0 Å². The van der Waals surface area contributed by atoms with E-state index in [1.165, 1.54) is 6.42 Å². The summed E-state index contributed by atoms with van der Waals surface area (Å²) in [5.74, 6) is 1.76. The van der Waals surface area contributed by atoms with E-state index < -0.39 is 0 Å². The minimum Gasteiger partial charge on any atom is -0.0845 e. The Balaban J connectivity index is 2.07. The van der Waals surface area contributed by atoms with Crippen LogP contribution in [0.2, 0.25) is 0 Å². The summed E-state index contributed by atoms with van der Waals surface area (Å²) >= 11 is 0. The van der Waals surface area contributed by atoms with Crippen LogP contribution in [0.15, 0.2) is 36.0 Å². The monoisotopic (exact) mass is 146 g/mol. The lowest BCUT2D eigenvalue weighted by Gasteiger charge is -2.01. The molecule has 0 heteroatoms. The van der Waals surface area contributed by atoms with Crippen LogP contribution in [-0.2, 0) is 0 Å². The summed E-state index contributed by atoms with van der Waals surface area (Å²) in [6.07, 6.45) is 13.8. The zero-order chi connectivity index (χ0) is 7.68. The molecule has 0 heterocycles. The third-order valence-corrected chi connectivity index (χ3v) is 2.46. The Morgan fingerprint density at radius 3 is 3.36 bits per heavy atom. The predicted molar refractivity (Wildman–Crippen MR) is 48.3 cm³/mol. The number of allylic oxidation sites excluding steroid dienone is 6. The largest absolute Gasteiger partial charge is 0.0845 e. The van der Waals surface area contributed by atoms with Gasteiger partial charge in [-0.3, -0.25) is 0 Å². The standard InChI is InChI=1S/C11H14/c1-2-3-5-9-6-4-7-10-8-11(9)10/h3-7,10-11H,2,8H2,1H3/b5-3+. The van der Waals surface area contributed by atoms with Crippen molar-refractivity contribution in [3.8, 4) is 0 Å². The fourth-order valence-electron chi connectivity index (χ4n) is 1.68. The van der Waals surface area contributed by atoms with E-state index in [0.29, 0.717) is 0 Å². The van der Waals surface area contributed by atoms with Gasteiger partial charge in [0.15, 0.2) is 0 Å². The molecule has 0 aromatic carbocycles. The normalized spacial score (nSPS) is 33.7. The van der Waals surface area contributed by atoms with Gasteiger partial charge in [0.25, 0.3) is 0 Å². The molecular formula is C11H14. The van der Waals surface area contributed by atoms with Crippen molar-refractivity contribution < 1.29 is 0 Å². The molecular weight excluding hydrogens is 132 g/mol. The third-order valence-electron chi connectivity index (χ3n) is 2.46. The number of fused-ring (bicyclic) bond motifs is 1. The lowest BCUT2D eigenvalue weighted by atomic mass is 10.0. The van der Waals surface area contributed by atoms with Gasteiger partial charge in [0.1, 0.15) is 0 Å². The first-order chi connectivity index (χ1) is 5.42. The zero-order valence-corrected chi connectivity index (χ0v) is 6.96. The molecule has 0 nitrogen and oxygen atoms in total. The van der Waals surface area contributed by atoms with Gasteiger partial charge in [0, 0.05) is 0 Å². The Morgan fingerprint density at radius 1 is 1.64 bits per heavy atom. The molecule has 0 radical (unpaired) electrons. The molecule has 0 bridgehead atoms. The summed E-state index contributed by atoms with van der Waals surface area (Å²) < 4.78 is 0. The summed E-state index contributed by atoms with van der Waals surface area (Å²) in [6.45, 7) is 2.18. The summed E-state index contributed by atoms with van der Waals surface area (Å²) in [5, 5.41) is 0. The summed E-state index contributed by atoms with van der Waals surface area (Å²) in [4.78, 5) is 0. The second kappa shape index (κ2) is 2.69. The van der Waals surface area contributed by atoms with Crippen molar-refractivity contribution in [2.75, 3.05) is 0 Å². The topological polar surface area (TPSA) is 0 Å². The second-order valence-electron chi connectivity index (χ2n) is 3.37. The average Bonchev–Trinajstić information content (AvgIpc) is 2.79. The minimum atomic E-state index is 0.878. The van der Waals surface area contributed by atoms with Crippen LogP contribution in [0.1, 0.15) is 19.8 Å². The number of hydrogen-bond donors (Lipinski definition) is 0. The van der Waals surface area contributed by atoms with E-state index in [9.17, 15) is 0 Å². The van der Waals surface area contributed by atoms with Crippen molar-refractivity contribution in [3.05, 3.63) is 36.0 Å². The highest BCUT2D eigenvalue weighted by atomic mass is 14.4. The van der Waals surface area contributed by atoms with Gasteiger partial charge in [0.2, 0.25) is 0 Å². The van der Waals surface area contributed by atoms with E-state index in [4.69, 9.17) is 0 Å². The SMILES string of the molecule is CC/C=C/C1=CC=CC2CC12. The molecule has 58 valence electrons. The molecule has 0 aromatic heterocycles. The molecule has 2 atom stereocenters. The van der Waals surface area contributed by atoms with Gasteiger partial charge >= 0.3 is 0 Å². The Labute approximate surface area is 68.3 Å². The van der Waals surface area contributed by atoms with E-state index >= 15 is 0 Å². The smallest absolute Gasteiger partial charge is 0.00930 e. The Bertz CT molecular complexity index is 230. The van der Waals surface area contributed by atoms with Gasteiger partial charge < -0.3 is 0 Å². The summed E-state index contributed by atoms with van der Waals surface area (Å²) in [5.41, 5.74) is 1.54. The first kappa shape index (κ1) is 6.90. The summed E-state index contributed by atoms with van der Waals surface area (Å²) in [6, 6.07) is 0. The quantitative estimate of drug-likeness (QED) is 0.561. The van der Waals surface area contributed by atoms with Crippen LogP contribution < -0.4 is 0 Å². The molecule has 2 aliphatic carbocycles. The highest BCUT2D eigenvalue weighted by molar-refractivity contribution is 5.36. The molecule has 0 saturated heterocycles. The van der Waals surface area contributed by atoms with Crippen molar-refractivity contribution in [2.45, 2.75) is 19.8 Å². The van der Waals surface area contributed by atoms with Crippen LogP contribution in [0.25, 0.3) is 0 Å². The third kappa shape index (κ3) is 1.30. The van der Waals surface area contributed by atoms with Crippen LogP contribution in [-0.4, -0.2) is 0 Å². The molecule has 11 heavy (non-hydrogen) atoms. The Morgan fingerprint density at radius 2 is 2.55 bits per heavy atom. The molecule has 0 aromatic rings. The average molecular weight is 146 g/mol. The minimum absolute atomic E-state index is 0.878. The van der Waals surface area contributed by atoms with Crippen molar-refractivity contribution in [1.29, 1.82) is 0 Å². The zero-order valence-electron chi connectivity index (χ0n) is 6.96. The van der Waals surface area contributed by atoms with Crippen molar-refractivity contribution in [1.82, 2.24) is 0 Å². The molecule has 2 unspecified atom stereocenters. The van der Waals surface area contributed by atoms with Crippen LogP contribution in [0.4, 0.5) is 0 Å². The highest BCUT2D eigenvalue weighted by Crippen LogP contribution is 2.47. The van der Waals surface area contributed by atoms with Gasteiger partial charge in [0.05, 0.1) is 0 Å². The molecule has 0 amide bonds.